The fourth-order valence-corrected chi connectivity index (χ4v) is 4.24. The van der Waals surface area contributed by atoms with Gasteiger partial charge in [0.05, 0.1) is 19.6 Å². The second-order valence-electron chi connectivity index (χ2n) is 5.45. The van der Waals surface area contributed by atoms with Gasteiger partial charge in [0, 0.05) is 13.1 Å². The van der Waals surface area contributed by atoms with Crippen LogP contribution in [0.1, 0.15) is 28.5 Å². The molecular formula is C17H14BrF3N2OS. The molecule has 3 nitrogen and oxygen atoms in total. The minimum Gasteiger partial charge on any atom is -0.347 e. The number of nitrogens with one attached hydrogen (secondary N) is 1. The van der Waals surface area contributed by atoms with Crippen LogP contribution in [0.15, 0.2) is 40.2 Å². The Morgan fingerprint density at radius 1 is 1.28 bits per heavy atom. The largest absolute Gasteiger partial charge is 0.416 e. The first-order valence-electron chi connectivity index (χ1n) is 7.52. The summed E-state index contributed by atoms with van der Waals surface area (Å²) in [5.41, 5.74) is 1.15. The zero-order valence-corrected chi connectivity index (χ0v) is 15.6. The predicted octanol–water partition coefficient (Wildman–Crippen LogP) is 5.43. The van der Waals surface area contributed by atoms with Gasteiger partial charge in [0.15, 0.2) is 0 Å². The first kappa shape index (κ1) is 18.0. The van der Waals surface area contributed by atoms with Crippen LogP contribution in [-0.4, -0.2) is 10.5 Å². The molecule has 8 heteroatoms. The van der Waals surface area contributed by atoms with E-state index in [9.17, 15) is 18.0 Å². The molecule has 0 fully saturated rings. The number of hydrogen-bond acceptors (Lipinski definition) is 2. The summed E-state index contributed by atoms with van der Waals surface area (Å²) in [5.74, 6) is -0.307. The summed E-state index contributed by atoms with van der Waals surface area (Å²) in [5, 5.41) is 2.70. The van der Waals surface area contributed by atoms with Crippen molar-refractivity contribution in [3.63, 3.8) is 0 Å². The number of hydrogen-bond donors (Lipinski definition) is 1. The molecule has 0 aliphatic heterocycles. The fourth-order valence-electron chi connectivity index (χ4n) is 2.67. The number of aromatic nitrogens is 1. The first-order chi connectivity index (χ1) is 11.8. The quantitative estimate of drug-likeness (QED) is 0.587. The lowest BCUT2D eigenvalue weighted by atomic mass is 10.1. The molecule has 0 aliphatic carbocycles. The molecule has 1 N–H and O–H groups in total. The van der Waals surface area contributed by atoms with Crippen LogP contribution in [0.5, 0.6) is 0 Å². The second kappa shape index (κ2) is 6.84. The predicted molar refractivity (Wildman–Crippen MR) is 95.8 cm³/mol. The highest BCUT2D eigenvalue weighted by Gasteiger charge is 2.30. The molecule has 25 heavy (non-hydrogen) atoms. The van der Waals surface area contributed by atoms with Gasteiger partial charge in [0.25, 0.3) is 5.91 Å². The van der Waals surface area contributed by atoms with E-state index < -0.39 is 11.7 Å². The van der Waals surface area contributed by atoms with Crippen molar-refractivity contribution >= 4 is 43.4 Å². The molecule has 3 aromatic rings. The van der Waals surface area contributed by atoms with Gasteiger partial charge in [0.1, 0.15) is 5.69 Å². The van der Waals surface area contributed by atoms with Crippen LogP contribution in [0.25, 0.3) is 10.2 Å². The van der Waals surface area contributed by atoms with E-state index in [1.165, 1.54) is 17.4 Å². The van der Waals surface area contributed by atoms with Crippen LogP contribution in [0.4, 0.5) is 13.2 Å². The molecule has 3 rings (SSSR count). The summed E-state index contributed by atoms with van der Waals surface area (Å²) in [6.45, 7) is 2.60. The number of benzene rings is 1. The highest BCUT2D eigenvalue weighted by atomic mass is 79.9. The molecule has 0 aliphatic rings. The maximum atomic E-state index is 12.8. The van der Waals surface area contributed by atoms with Gasteiger partial charge >= 0.3 is 6.18 Å². The van der Waals surface area contributed by atoms with Gasteiger partial charge < -0.3 is 9.88 Å². The molecule has 2 aromatic heterocycles. The van der Waals surface area contributed by atoms with E-state index >= 15 is 0 Å². The van der Waals surface area contributed by atoms with Crippen molar-refractivity contribution in [2.45, 2.75) is 26.2 Å². The summed E-state index contributed by atoms with van der Waals surface area (Å²) in [6.07, 6.45) is -4.39. The van der Waals surface area contributed by atoms with E-state index in [-0.39, 0.29) is 12.5 Å². The van der Waals surface area contributed by atoms with Crippen LogP contribution >= 0.6 is 27.3 Å². The van der Waals surface area contributed by atoms with E-state index in [0.29, 0.717) is 17.8 Å². The third kappa shape index (κ3) is 3.74. The third-order valence-electron chi connectivity index (χ3n) is 3.82. The first-order valence-corrected chi connectivity index (χ1v) is 9.13. The number of thiophene rings is 1. The minimum absolute atomic E-state index is 0.0367. The third-order valence-corrected chi connectivity index (χ3v) is 5.39. The Balaban J connectivity index is 1.78. The molecular weight excluding hydrogens is 417 g/mol. The molecule has 2 heterocycles. The minimum atomic E-state index is -4.39. The zero-order valence-electron chi connectivity index (χ0n) is 13.2. The van der Waals surface area contributed by atoms with Crippen LogP contribution in [0.2, 0.25) is 0 Å². The number of amides is 1. The van der Waals surface area contributed by atoms with Crippen molar-refractivity contribution in [2.75, 3.05) is 0 Å². The fraction of sp³-hybridized carbons (Fsp3) is 0.235. The van der Waals surface area contributed by atoms with Crippen molar-refractivity contribution in [1.82, 2.24) is 9.88 Å². The number of rotatable bonds is 4. The summed E-state index contributed by atoms with van der Waals surface area (Å²) in [6, 6.07) is 8.72. The van der Waals surface area contributed by atoms with Gasteiger partial charge in [-0.1, -0.05) is 12.1 Å². The second-order valence-corrected chi connectivity index (χ2v) is 7.92. The summed E-state index contributed by atoms with van der Waals surface area (Å²) >= 11 is 4.96. The van der Waals surface area contributed by atoms with Gasteiger partial charge in [-0.25, -0.2) is 0 Å². The molecule has 0 radical (unpaired) electrons. The molecule has 0 bridgehead atoms. The Labute approximate surface area is 154 Å². The highest BCUT2D eigenvalue weighted by molar-refractivity contribution is 9.11. The van der Waals surface area contributed by atoms with Crippen LogP contribution < -0.4 is 5.32 Å². The molecule has 0 unspecified atom stereocenters. The van der Waals surface area contributed by atoms with Gasteiger partial charge in [-0.15, -0.1) is 11.3 Å². The maximum absolute atomic E-state index is 12.8. The number of halogens is 4. The maximum Gasteiger partial charge on any atom is 0.416 e. The normalized spacial score (nSPS) is 11.9. The van der Waals surface area contributed by atoms with Crippen molar-refractivity contribution in [2.24, 2.45) is 0 Å². The molecule has 1 aromatic carbocycles. The Kier molecular flexibility index (Phi) is 4.92. The number of alkyl halides is 3. The molecule has 0 saturated carbocycles. The number of carbonyl (C=O) groups is 1. The van der Waals surface area contributed by atoms with E-state index in [0.717, 1.165) is 26.1 Å². The smallest absolute Gasteiger partial charge is 0.347 e. The zero-order chi connectivity index (χ0) is 18.2. The van der Waals surface area contributed by atoms with E-state index in [1.807, 2.05) is 17.6 Å². The van der Waals surface area contributed by atoms with Gasteiger partial charge in [0.2, 0.25) is 0 Å². The Hall–Kier alpha value is -1.80. The van der Waals surface area contributed by atoms with E-state index in [2.05, 4.69) is 21.2 Å². The molecule has 0 atom stereocenters. The molecule has 0 spiro atoms. The van der Waals surface area contributed by atoms with Crippen molar-refractivity contribution in [3.05, 3.63) is 57.0 Å². The van der Waals surface area contributed by atoms with E-state index in [1.54, 1.807) is 12.1 Å². The lowest BCUT2D eigenvalue weighted by molar-refractivity contribution is -0.137. The van der Waals surface area contributed by atoms with Crippen molar-refractivity contribution in [3.8, 4) is 0 Å². The topological polar surface area (TPSA) is 34.0 Å². The van der Waals surface area contributed by atoms with E-state index in [4.69, 9.17) is 0 Å². The Bertz CT molecular complexity index is 930. The summed E-state index contributed by atoms with van der Waals surface area (Å²) in [7, 11) is 0. The monoisotopic (exact) mass is 430 g/mol. The van der Waals surface area contributed by atoms with Crippen LogP contribution in [0, 0.1) is 0 Å². The van der Waals surface area contributed by atoms with Crippen LogP contribution in [-0.2, 0) is 19.3 Å². The van der Waals surface area contributed by atoms with Gasteiger partial charge in [-0.05, 0) is 52.7 Å². The number of aryl methyl sites for hydroxylation is 1. The molecule has 1 amide bonds. The SMILES string of the molecule is CCn1c(C(=O)NCc2cccc(C(F)(F)F)c2)cc2sc(Br)cc21. The van der Waals surface area contributed by atoms with Gasteiger partial charge in [-0.2, -0.15) is 13.2 Å². The molecule has 0 saturated heterocycles. The van der Waals surface area contributed by atoms with Crippen LogP contribution in [0.3, 0.4) is 0 Å². The lowest BCUT2D eigenvalue weighted by Crippen LogP contribution is -2.25. The average molecular weight is 431 g/mol. The summed E-state index contributed by atoms with van der Waals surface area (Å²) < 4.78 is 42.1. The number of carbonyl (C=O) groups excluding carboxylic acids is 1. The lowest BCUT2D eigenvalue weighted by Gasteiger charge is -2.11. The van der Waals surface area contributed by atoms with Gasteiger partial charge in [-0.3, -0.25) is 4.79 Å². The number of nitrogens with zero attached hydrogens (tertiary/aromatic N) is 1. The highest BCUT2D eigenvalue weighted by Crippen LogP contribution is 2.32. The number of fused-ring (bicyclic) bond motifs is 1. The van der Waals surface area contributed by atoms with Crippen molar-refractivity contribution < 1.29 is 18.0 Å². The average Bonchev–Trinajstić information content (AvgIpc) is 3.07. The standard InChI is InChI=1S/C17H14BrF3N2OS/c1-2-23-12-8-15(18)25-14(12)7-13(23)16(24)22-9-10-4-3-5-11(6-10)17(19,20)21/h3-8H,2,9H2,1H3,(H,22,24). The van der Waals surface area contributed by atoms with Crippen molar-refractivity contribution in [1.29, 1.82) is 0 Å². The molecule has 132 valence electrons. The summed E-state index contributed by atoms with van der Waals surface area (Å²) in [4.78, 5) is 12.5. The Morgan fingerprint density at radius 2 is 2.04 bits per heavy atom. The Morgan fingerprint density at radius 3 is 2.72 bits per heavy atom.